The maximum Gasteiger partial charge on any atom is 0.144 e. The number of phenols is 1. The highest BCUT2D eigenvalue weighted by molar-refractivity contribution is 5.83. The molecule has 0 aromatic heterocycles. The van der Waals surface area contributed by atoms with Crippen LogP contribution in [0.25, 0.3) is 0 Å². The summed E-state index contributed by atoms with van der Waals surface area (Å²) in [5, 5.41) is 24.7. The Morgan fingerprint density at radius 1 is 0.673 bits per heavy atom. The molecule has 4 aromatic rings. The van der Waals surface area contributed by atoms with Crippen LogP contribution in [0.5, 0.6) is 17.2 Å². The van der Waals surface area contributed by atoms with Crippen molar-refractivity contribution in [1.29, 1.82) is 0 Å². The molecule has 0 heterocycles. The van der Waals surface area contributed by atoms with Gasteiger partial charge in [0.2, 0.25) is 0 Å². The highest BCUT2D eigenvalue weighted by Crippen LogP contribution is 2.47. The van der Waals surface area contributed by atoms with Crippen molar-refractivity contribution in [3.05, 3.63) is 124 Å². The van der Waals surface area contributed by atoms with Crippen molar-refractivity contribution in [3.63, 3.8) is 0 Å². The van der Waals surface area contributed by atoms with Gasteiger partial charge in [-0.1, -0.05) is 123 Å². The smallest absolute Gasteiger partial charge is 0.144 e. The lowest BCUT2D eigenvalue weighted by Crippen LogP contribution is -2.42. The molecule has 0 aliphatic heterocycles. The van der Waals surface area contributed by atoms with Crippen LogP contribution in [0.2, 0.25) is 0 Å². The average Bonchev–Trinajstić information content (AvgIpc) is 3.07. The molecule has 0 saturated heterocycles. The summed E-state index contributed by atoms with van der Waals surface area (Å²) in [6, 6.07) is 29.0. The number of hydrogen-bond donors (Lipinski definition) is 2. The standard InChI is InChI=1S/C44H57NO4/c1-9-11-26-48-39-24-22-34(42(3,4)5)29-36(39)44(47,37-30-35(43(6,7)8)23-25-40(37)49-27-12-10-2)41(28-32-18-14-13-15-19-32)45-31-33-20-16-17-21-38(33)46/h13-25,29-31,41,46-47H,9-12,26-28H2,1-8H3/t41-/m1/s1. The lowest BCUT2D eigenvalue weighted by Gasteiger charge is -2.39. The van der Waals surface area contributed by atoms with Crippen LogP contribution in [-0.2, 0) is 22.9 Å². The van der Waals surface area contributed by atoms with E-state index in [1.165, 1.54) is 0 Å². The predicted octanol–water partition coefficient (Wildman–Crippen LogP) is 10.3. The number of aromatic hydroxyl groups is 1. The van der Waals surface area contributed by atoms with Gasteiger partial charge in [0.25, 0.3) is 0 Å². The molecule has 262 valence electrons. The molecule has 0 aliphatic carbocycles. The average molecular weight is 664 g/mol. The fourth-order valence-corrected chi connectivity index (χ4v) is 5.91. The van der Waals surface area contributed by atoms with Crippen molar-refractivity contribution < 1.29 is 19.7 Å². The quantitative estimate of drug-likeness (QED) is 0.0981. The first kappa shape index (κ1) is 37.7. The minimum Gasteiger partial charge on any atom is -0.507 e. The summed E-state index contributed by atoms with van der Waals surface area (Å²) in [7, 11) is 0. The van der Waals surface area contributed by atoms with E-state index >= 15 is 0 Å². The molecule has 0 aliphatic rings. The first-order valence-electron chi connectivity index (χ1n) is 17.9. The molecule has 5 heteroatoms. The first-order valence-corrected chi connectivity index (χ1v) is 17.9. The molecule has 49 heavy (non-hydrogen) atoms. The van der Waals surface area contributed by atoms with E-state index < -0.39 is 11.6 Å². The lowest BCUT2D eigenvalue weighted by atomic mass is 9.73. The monoisotopic (exact) mass is 663 g/mol. The normalized spacial score (nSPS) is 13.1. The van der Waals surface area contributed by atoms with Crippen molar-refractivity contribution in [2.75, 3.05) is 13.2 Å². The van der Waals surface area contributed by atoms with E-state index in [1.54, 1.807) is 18.3 Å². The van der Waals surface area contributed by atoms with Crippen molar-refractivity contribution in [2.45, 2.75) is 110 Å². The Hall–Kier alpha value is -4.09. The third-order valence-corrected chi connectivity index (χ3v) is 9.11. The first-order chi connectivity index (χ1) is 23.3. The van der Waals surface area contributed by atoms with Crippen LogP contribution in [-0.4, -0.2) is 35.7 Å². The molecule has 0 fully saturated rings. The number of aliphatic imine (C=N–C) groups is 1. The largest absolute Gasteiger partial charge is 0.507 e. The van der Waals surface area contributed by atoms with E-state index in [4.69, 9.17) is 14.5 Å². The summed E-state index contributed by atoms with van der Waals surface area (Å²) >= 11 is 0. The summed E-state index contributed by atoms with van der Waals surface area (Å²) in [4.78, 5) is 5.19. The Kier molecular flexibility index (Phi) is 12.7. The minimum absolute atomic E-state index is 0.130. The van der Waals surface area contributed by atoms with Crippen LogP contribution >= 0.6 is 0 Å². The summed E-state index contributed by atoms with van der Waals surface area (Å²) in [5.41, 5.74) is 2.96. The molecular formula is C44H57NO4. The zero-order valence-electron chi connectivity index (χ0n) is 30.9. The molecule has 0 amide bonds. The second-order valence-corrected chi connectivity index (χ2v) is 15.1. The number of hydrogen-bond acceptors (Lipinski definition) is 5. The molecular weight excluding hydrogens is 606 g/mol. The summed E-state index contributed by atoms with van der Waals surface area (Å²) in [6.45, 7) is 18.4. The van der Waals surface area contributed by atoms with Gasteiger partial charge in [-0.2, -0.15) is 0 Å². The maximum absolute atomic E-state index is 13.9. The fraction of sp³-hybridized carbons (Fsp3) is 0.432. The highest BCUT2D eigenvalue weighted by Gasteiger charge is 2.45. The molecule has 0 saturated carbocycles. The van der Waals surface area contributed by atoms with Gasteiger partial charge in [-0.3, -0.25) is 4.99 Å². The van der Waals surface area contributed by atoms with Crippen molar-refractivity contribution in [1.82, 2.24) is 0 Å². The van der Waals surface area contributed by atoms with Gasteiger partial charge < -0.3 is 19.7 Å². The Labute approximate surface area is 295 Å². The number of benzene rings is 4. The van der Waals surface area contributed by atoms with Crippen LogP contribution in [0, 0.1) is 0 Å². The van der Waals surface area contributed by atoms with E-state index in [0.717, 1.165) is 42.4 Å². The SMILES string of the molecule is CCCCOc1ccc(C(C)(C)C)cc1C(O)(c1cc(C(C)(C)C)ccc1OCCCC)[C@@H](Cc1ccccc1)N=Cc1ccccc1O. The van der Waals surface area contributed by atoms with Gasteiger partial charge in [0.1, 0.15) is 22.8 Å². The molecule has 1 atom stereocenters. The molecule has 0 unspecified atom stereocenters. The molecule has 4 rings (SSSR count). The Balaban J connectivity index is 2.12. The Morgan fingerprint density at radius 2 is 1.16 bits per heavy atom. The summed E-state index contributed by atoms with van der Waals surface area (Å²) < 4.78 is 13.1. The van der Waals surface area contributed by atoms with Crippen LogP contribution in [0.1, 0.15) is 114 Å². The molecule has 0 radical (unpaired) electrons. The minimum atomic E-state index is -1.71. The van der Waals surface area contributed by atoms with E-state index in [-0.39, 0.29) is 16.6 Å². The van der Waals surface area contributed by atoms with Crippen LogP contribution in [0.15, 0.2) is 96.0 Å². The number of ether oxygens (including phenoxy) is 2. The molecule has 2 N–H and O–H groups in total. The zero-order chi connectivity index (χ0) is 35.7. The van der Waals surface area contributed by atoms with E-state index in [0.29, 0.717) is 47.8 Å². The number of nitrogens with zero attached hydrogens (tertiary/aromatic N) is 1. The van der Waals surface area contributed by atoms with Gasteiger partial charge in [0, 0.05) is 22.9 Å². The van der Waals surface area contributed by atoms with Crippen molar-refractivity contribution >= 4 is 6.21 Å². The van der Waals surface area contributed by atoms with Gasteiger partial charge in [0.05, 0.1) is 19.3 Å². The molecule has 0 bridgehead atoms. The number of rotatable bonds is 15. The van der Waals surface area contributed by atoms with Gasteiger partial charge in [-0.05, 0) is 83.2 Å². The molecule has 5 nitrogen and oxygen atoms in total. The van der Waals surface area contributed by atoms with Crippen LogP contribution in [0.4, 0.5) is 0 Å². The number of unbranched alkanes of at least 4 members (excludes halogenated alkanes) is 2. The molecule has 4 aromatic carbocycles. The Bertz CT molecular complexity index is 1590. The zero-order valence-corrected chi connectivity index (χ0v) is 30.9. The van der Waals surface area contributed by atoms with E-state index in [9.17, 15) is 10.2 Å². The lowest BCUT2D eigenvalue weighted by molar-refractivity contribution is 0.0460. The Morgan fingerprint density at radius 3 is 1.63 bits per heavy atom. The van der Waals surface area contributed by atoms with E-state index in [2.05, 4.69) is 91.8 Å². The summed E-state index contributed by atoms with van der Waals surface area (Å²) in [6.07, 6.45) is 5.87. The third kappa shape index (κ3) is 9.54. The number of phenolic OH excluding ortho intramolecular Hbond substituents is 1. The van der Waals surface area contributed by atoms with Crippen molar-refractivity contribution in [3.8, 4) is 17.2 Å². The summed E-state index contributed by atoms with van der Waals surface area (Å²) in [5.74, 6) is 1.38. The third-order valence-electron chi connectivity index (χ3n) is 9.11. The predicted molar refractivity (Wildman–Crippen MR) is 204 cm³/mol. The number of para-hydroxylation sites is 1. The van der Waals surface area contributed by atoms with Crippen LogP contribution < -0.4 is 9.47 Å². The number of aliphatic hydroxyl groups is 1. The highest BCUT2D eigenvalue weighted by atomic mass is 16.5. The van der Waals surface area contributed by atoms with Gasteiger partial charge in [0.15, 0.2) is 0 Å². The topological polar surface area (TPSA) is 71.3 Å². The maximum atomic E-state index is 13.9. The second kappa shape index (κ2) is 16.5. The molecule has 0 spiro atoms. The van der Waals surface area contributed by atoms with Gasteiger partial charge >= 0.3 is 0 Å². The van der Waals surface area contributed by atoms with Crippen LogP contribution in [0.3, 0.4) is 0 Å². The van der Waals surface area contributed by atoms with Gasteiger partial charge in [-0.25, -0.2) is 0 Å². The van der Waals surface area contributed by atoms with Gasteiger partial charge in [-0.15, -0.1) is 0 Å². The van der Waals surface area contributed by atoms with E-state index in [1.807, 2.05) is 42.5 Å². The second-order valence-electron chi connectivity index (χ2n) is 15.1. The van der Waals surface area contributed by atoms with Crippen molar-refractivity contribution in [2.24, 2.45) is 4.99 Å². The fourth-order valence-electron chi connectivity index (χ4n) is 5.91.